The molecule has 1 aliphatic heterocycles. The van der Waals surface area contributed by atoms with E-state index in [1.807, 2.05) is 6.08 Å². The summed E-state index contributed by atoms with van der Waals surface area (Å²) in [7, 11) is 1.47. The number of carbonyl (C=O) groups is 1. The molecule has 3 nitrogen and oxygen atoms in total. The summed E-state index contributed by atoms with van der Waals surface area (Å²) in [4.78, 5) is 11.9. The molecule has 2 aliphatic carbocycles. The van der Waals surface area contributed by atoms with E-state index < -0.39 is 0 Å². The lowest BCUT2D eigenvalue weighted by Crippen LogP contribution is -2.49. The lowest BCUT2D eigenvalue weighted by molar-refractivity contribution is -0.143. The topological polar surface area (TPSA) is 38.3 Å². The van der Waals surface area contributed by atoms with Crippen molar-refractivity contribution in [3.8, 4) is 0 Å². The van der Waals surface area contributed by atoms with Crippen LogP contribution in [0, 0.1) is 17.8 Å². The zero-order valence-corrected chi connectivity index (χ0v) is 14.9. The van der Waals surface area contributed by atoms with Crippen LogP contribution in [0.3, 0.4) is 0 Å². The minimum atomic E-state index is -0.135. The molecule has 25 heavy (non-hydrogen) atoms. The molecule has 0 spiro atoms. The Morgan fingerprint density at radius 3 is 2.84 bits per heavy atom. The van der Waals surface area contributed by atoms with Gasteiger partial charge in [-0.1, -0.05) is 48.9 Å². The summed E-state index contributed by atoms with van der Waals surface area (Å²) in [6, 6.07) is 11.4. The number of ether oxygens (including phenoxy) is 1. The third-order valence-corrected chi connectivity index (χ3v) is 6.17. The zero-order valence-electron chi connectivity index (χ0n) is 14.9. The molecule has 3 aliphatic rings. The summed E-state index contributed by atoms with van der Waals surface area (Å²) >= 11 is 0. The normalized spacial score (nSPS) is 30.9. The molecule has 1 fully saturated rings. The van der Waals surface area contributed by atoms with E-state index in [0.717, 1.165) is 25.2 Å². The van der Waals surface area contributed by atoms with Gasteiger partial charge >= 0.3 is 5.97 Å². The average Bonchev–Trinajstić information content (AvgIpc) is 2.66. The van der Waals surface area contributed by atoms with Crippen LogP contribution in [-0.4, -0.2) is 19.1 Å². The second kappa shape index (κ2) is 7.07. The Hall–Kier alpha value is -2.03. The number of hydrogen-bond acceptors (Lipinski definition) is 3. The summed E-state index contributed by atoms with van der Waals surface area (Å²) < 4.78 is 4.94. The van der Waals surface area contributed by atoms with Gasteiger partial charge in [-0.3, -0.25) is 4.79 Å². The molecule has 1 aromatic carbocycles. The van der Waals surface area contributed by atoms with Crippen LogP contribution in [-0.2, 0) is 16.0 Å². The lowest BCUT2D eigenvalue weighted by Gasteiger charge is -2.45. The molecule has 4 atom stereocenters. The molecule has 0 amide bonds. The average molecular weight is 337 g/mol. The van der Waals surface area contributed by atoms with Gasteiger partial charge in [0, 0.05) is 18.2 Å². The predicted octanol–water partition coefficient (Wildman–Crippen LogP) is 4.01. The highest BCUT2D eigenvalue weighted by atomic mass is 16.5. The molecule has 1 aromatic rings. The smallest absolute Gasteiger partial charge is 0.312 e. The second-order valence-electron chi connectivity index (χ2n) is 7.71. The van der Waals surface area contributed by atoms with Crippen LogP contribution in [0.5, 0.6) is 0 Å². The summed E-state index contributed by atoms with van der Waals surface area (Å²) in [5.41, 5.74) is 4.12. The maximum atomic E-state index is 11.9. The fourth-order valence-electron chi connectivity index (χ4n) is 4.89. The van der Waals surface area contributed by atoms with Gasteiger partial charge in [-0.05, 0) is 48.7 Å². The fraction of sp³-hybridized carbons (Fsp3) is 0.500. The highest BCUT2D eigenvalue weighted by molar-refractivity contribution is 5.75. The Morgan fingerprint density at radius 2 is 2.04 bits per heavy atom. The molecule has 1 saturated carbocycles. The summed E-state index contributed by atoms with van der Waals surface area (Å²) in [5, 5.41) is 3.86. The molecule has 4 rings (SSSR count). The van der Waals surface area contributed by atoms with Gasteiger partial charge in [-0.15, -0.1) is 0 Å². The van der Waals surface area contributed by atoms with Crippen molar-refractivity contribution in [1.82, 2.24) is 5.32 Å². The first-order valence-electron chi connectivity index (χ1n) is 9.53. The molecule has 132 valence electrons. The summed E-state index contributed by atoms with van der Waals surface area (Å²) in [6.07, 6.45) is 11.2. The number of carbonyl (C=O) groups excluding carboxylic acids is 1. The minimum Gasteiger partial charge on any atom is -0.469 e. The van der Waals surface area contributed by atoms with Crippen molar-refractivity contribution in [3.63, 3.8) is 0 Å². The maximum absolute atomic E-state index is 11.9. The highest BCUT2D eigenvalue weighted by Crippen LogP contribution is 2.41. The molecular weight excluding hydrogens is 310 g/mol. The van der Waals surface area contributed by atoms with E-state index in [9.17, 15) is 4.79 Å². The van der Waals surface area contributed by atoms with Gasteiger partial charge in [0.25, 0.3) is 0 Å². The summed E-state index contributed by atoms with van der Waals surface area (Å²) in [5.74, 6) is 1.14. The van der Waals surface area contributed by atoms with Gasteiger partial charge < -0.3 is 10.1 Å². The quantitative estimate of drug-likeness (QED) is 0.847. The van der Waals surface area contributed by atoms with Crippen LogP contribution < -0.4 is 5.32 Å². The van der Waals surface area contributed by atoms with Gasteiger partial charge in [0.2, 0.25) is 0 Å². The first-order chi connectivity index (χ1) is 12.2. The molecule has 0 saturated heterocycles. The fourth-order valence-corrected chi connectivity index (χ4v) is 4.89. The Balaban J connectivity index is 1.50. The van der Waals surface area contributed by atoms with Crippen molar-refractivity contribution in [2.45, 2.75) is 44.6 Å². The second-order valence-corrected chi connectivity index (χ2v) is 7.71. The van der Waals surface area contributed by atoms with Crippen molar-refractivity contribution in [3.05, 3.63) is 59.3 Å². The van der Waals surface area contributed by atoms with E-state index in [-0.39, 0.29) is 11.9 Å². The van der Waals surface area contributed by atoms with Gasteiger partial charge in [0.05, 0.1) is 13.0 Å². The number of hydrogen-bond donors (Lipinski definition) is 1. The van der Waals surface area contributed by atoms with Crippen LogP contribution in [0.1, 0.15) is 37.7 Å². The third kappa shape index (κ3) is 3.37. The molecule has 1 N–H and O–H groups in total. The Labute approximate surface area is 150 Å². The number of esters is 1. The predicted molar refractivity (Wildman–Crippen MR) is 98.8 cm³/mol. The Bertz CT molecular complexity index is 691. The number of nitrogens with one attached hydrogen (secondary N) is 1. The van der Waals surface area contributed by atoms with Gasteiger partial charge in [-0.2, -0.15) is 0 Å². The van der Waals surface area contributed by atoms with Crippen molar-refractivity contribution in [2.75, 3.05) is 7.11 Å². The zero-order chi connectivity index (χ0) is 17.2. The first-order valence-corrected chi connectivity index (χ1v) is 9.53. The van der Waals surface area contributed by atoms with Crippen LogP contribution in [0.2, 0.25) is 0 Å². The molecule has 3 heteroatoms. The van der Waals surface area contributed by atoms with Crippen LogP contribution in [0.25, 0.3) is 0 Å². The van der Waals surface area contributed by atoms with Crippen molar-refractivity contribution in [2.24, 2.45) is 17.8 Å². The van der Waals surface area contributed by atoms with Crippen LogP contribution in [0.4, 0.5) is 0 Å². The largest absolute Gasteiger partial charge is 0.469 e. The lowest BCUT2D eigenvalue weighted by atomic mass is 9.69. The van der Waals surface area contributed by atoms with E-state index >= 15 is 0 Å². The molecule has 2 unspecified atom stereocenters. The third-order valence-electron chi connectivity index (χ3n) is 6.17. The van der Waals surface area contributed by atoms with Gasteiger partial charge in [0.1, 0.15) is 0 Å². The van der Waals surface area contributed by atoms with Crippen molar-refractivity contribution in [1.29, 1.82) is 0 Å². The molecule has 0 radical (unpaired) electrons. The van der Waals surface area contributed by atoms with E-state index in [0.29, 0.717) is 12.0 Å². The van der Waals surface area contributed by atoms with E-state index in [4.69, 9.17) is 4.74 Å². The monoisotopic (exact) mass is 337 g/mol. The Morgan fingerprint density at radius 1 is 1.20 bits per heavy atom. The molecule has 1 heterocycles. The Kier molecular flexibility index (Phi) is 4.65. The minimum absolute atomic E-state index is 0.129. The van der Waals surface area contributed by atoms with E-state index in [1.54, 1.807) is 0 Å². The number of fused-ring (bicyclic) bond motifs is 1. The standard InChI is InChI=1S/C22H27NO2/c1-25-22(24)19-11-10-16-13-18-9-5-8-17(21(18)23-20(16)14-19)12-15-6-3-2-4-7-15/h2-4,6-7,10-11,17-19,21,23H,5,8-9,12-14H2,1H3/t17?,18-,19?,21-/m1/s1. The van der Waals surface area contributed by atoms with Crippen LogP contribution in [0.15, 0.2) is 53.8 Å². The van der Waals surface area contributed by atoms with Crippen molar-refractivity contribution < 1.29 is 9.53 Å². The first kappa shape index (κ1) is 16.4. The summed E-state index contributed by atoms with van der Waals surface area (Å²) in [6.45, 7) is 0. The maximum Gasteiger partial charge on any atom is 0.312 e. The molecule has 0 bridgehead atoms. The van der Waals surface area contributed by atoms with Gasteiger partial charge in [-0.25, -0.2) is 0 Å². The SMILES string of the molecule is COC(=O)C1C=CC2=C(C1)N[C@@H]1C(Cc3ccccc3)CCC[C@@H]1C2. The number of benzene rings is 1. The highest BCUT2D eigenvalue weighted by Gasteiger charge is 2.38. The van der Waals surface area contributed by atoms with E-state index in [1.165, 1.54) is 43.2 Å². The number of rotatable bonds is 3. The van der Waals surface area contributed by atoms with Crippen molar-refractivity contribution >= 4 is 5.97 Å². The van der Waals surface area contributed by atoms with Gasteiger partial charge in [0.15, 0.2) is 0 Å². The molecule has 0 aromatic heterocycles. The van der Waals surface area contributed by atoms with E-state index in [2.05, 4.69) is 41.7 Å². The molecular formula is C22H27NO2. The number of methoxy groups -OCH3 is 1. The number of allylic oxidation sites excluding steroid dienone is 3. The van der Waals surface area contributed by atoms with Crippen LogP contribution >= 0.6 is 0 Å².